The van der Waals surface area contributed by atoms with Crippen LogP contribution in [0, 0.1) is 0 Å². The van der Waals surface area contributed by atoms with E-state index in [0.717, 1.165) is 4.47 Å². The number of hydrogen-bond donors (Lipinski definition) is 1. The van der Waals surface area contributed by atoms with E-state index in [4.69, 9.17) is 0 Å². The Morgan fingerprint density at radius 2 is 1.83 bits per heavy atom. The molecule has 9 heteroatoms. The normalized spacial score (nSPS) is 15.2. The third kappa shape index (κ3) is 2.99. The lowest BCUT2D eigenvalue weighted by Crippen LogP contribution is -2.37. The molecule has 0 aliphatic carbocycles. The molecule has 2 aromatic carbocycles. The van der Waals surface area contributed by atoms with E-state index in [1.807, 2.05) is 0 Å². The van der Waals surface area contributed by atoms with E-state index in [1.54, 1.807) is 24.3 Å². The van der Waals surface area contributed by atoms with Gasteiger partial charge in [0.15, 0.2) is 0 Å². The third-order valence-electron chi connectivity index (χ3n) is 3.40. The van der Waals surface area contributed by atoms with Gasteiger partial charge in [-0.1, -0.05) is 28.1 Å². The van der Waals surface area contributed by atoms with Crippen LogP contribution < -0.4 is 5.32 Å². The Bertz CT molecular complexity index is 960. The molecule has 0 unspecified atom stereocenters. The fourth-order valence-electron chi connectivity index (χ4n) is 2.30. The monoisotopic (exact) mass is 472 g/mol. The van der Waals surface area contributed by atoms with E-state index in [9.17, 15) is 18.0 Å². The number of carbonyl (C=O) groups is 2. The van der Waals surface area contributed by atoms with Gasteiger partial charge >= 0.3 is 0 Å². The molecule has 0 aromatic heterocycles. The number of benzene rings is 2. The predicted molar refractivity (Wildman–Crippen MR) is 95.1 cm³/mol. The SMILES string of the molecule is O=C(CN1C(=O)c2ccccc2S1(=O)=O)Nc1ccc(Br)cc1Br. The molecule has 1 aliphatic rings. The molecule has 0 atom stereocenters. The molecule has 1 N–H and O–H groups in total. The van der Waals surface area contributed by atoms with Gasteiger partial charge in [0.25, 0.3) is 15.9 Å². The number of carbonyl (C=O) groups excluding carboxylic acids is 2. The molecule has 0 fully saturated rings. The summed E-state index contributed by atoms with van der Waals surface area (Å²) in [7, 11) is -4.00. The molecule has 0 saturated carbocycles. The summed E-state index contributed by atoms with van der Waals surface area (Å²) in [5, 5.41) is 2.58. The lowest BCUT2D eigenvalue weighted by molar-refractivity contribution is -0.116. The molecule has 0 bridgehead atoms. The number of rotatable bonds is 3. The Morgan fingerprint density at radius 1 is 1.12 bits per heavy atom. The summed E-state index contributed by atoms with van der Waals surface area (Å²) >= 11 is 6.60. The van der Waals surface area contributed by atoms with Gasteiger partial charge in [0.1, 0.15) is 11.4 Å². The topological polar surface area (TPSA) is 83.6 Å². The summed E-state index contributed by atoms with van der Waals surface area (Å²) in [6.45, 7) is -0.585. The van der Waals surface area contributed by atoms with Gasteiger partial charge in [-0.3, -0.25) is 9.59 Å². The van der Waals surface area contributed by atoms with Gasteiger partial charge in [0.05, 0.1) is 11.3 Å². The number of halogens is 2. The molecule has 0 radical (unpaired) electrons. The highest BCUT2D eigenvalue weighted by molar-refractivity contribution is 9.11. The minimum atomic E-state index is -4.00. The zero-order valence-corrected chi connectivity index (χ0v) is 16.0. The second kappa shape index (κ2) is 6.30. The van der Waals surface area contributed by atoms with Crippen LogP contribution in [0.1, 0.15) is 10.4 Å². The molecule has 3 rings (SSSR count). The highest BCUT2D eigenvalue weighted by Crippen LogP contribution is 2.30. The van der Waals surface area contributed by atoms with Crippen LogP contribution in [0.15, 0.2) is 56.3 Å². The van der Waals surface area contributed by atoms with Crippen LogP contribution in [-0.2, 0) is 14.8 Å². The standard InChI is InChI=1S/C15H10Br2N2O4S/c16-9-5-6-12(11(17)7-9)18-14(20)8-19-15(21)10-3-1-2-4-13(10)24(19,22)23/h1-7H,8H2,(H,18,20). The van der Waals surface area contributed by atoms with E-state index >= 15 is 0 Å². The van der Waals surface area contributed by atoms with Crippen LogP contribution in [0.5, 0.6) is 0 Å². The second-order valence-corrected chi connectivity index (χ2v) is 8.59. The first-order valence-corrected chi connectivity index (χ1v) is 9.74. The van der Waals surface area contributed by atoms with Gasteiger partial charge < -0.3 is 5.32 Å². The lowest BCUT2D eigenvalue weighted by Gasteiger charge is -2.15. The van der Waals surface area contributed by atoms with Crippen LogP contribution >= 0.6 is 31.9 Å². The summed E-state index contributed by atoms with van der Waals surface area (Å²) in [6.07, 6.45) is 0. The fourth-order valence-corrected chi connectivity index (χ4v) is 4.97. The first kappa shape index (κ1) is 17.1. The van der Waals surface area contributed by atoms with Crippen molar-refractivity contribution >= 4 is 59.4 Å². The minimum Gasteiger partial charge on any atom is -0.323 e. The van der Waals surface area contributed by atoms with Crippen molar-refractivity contribution in [1.29, 1.82) is 0 Å². The van der Waals surface area contributed by atoms with Crippen LogP contribution in [0.3, 0.4) is 0 Å². The van der Waals surface area contributed by atoms with Crippen LogP contribution in [0.25, 0.3) is 0 Å². The second-order valence-electron chi connectivity index (χ2n) is 4.99. The molecule has 6 nitrogen and oxygen atoms in total. The Hall–Kier alpha value is -1.71. The van der Waals surface area contributed by atoms with Crippen molar-refractivity contribution in [3.05, 3.63) is 57.0 Å². The number of nitrogens with zero attached hydrogens (tertiary/aromatic N) is 1. The summed E-state index contributed by atoms with van der Waals surface area (Å²) in [5.74, 6) is -1.31. The number of anilines is 1. The molecule has 0 saturated heterocycles. The van der Waals surface area contributed by atoms with E-state index in [0.29, 0.717) is 14.5 Å². The van der Waals surface area contributed by atoms with Gasteiger partial charge in [-0.15, -0.1) is 0 Å². The number of nitrogens with one attached hydrogen (secondary N) is 1. The number of sulfonamides is 1. The maximum atomic E-state index is 12.4. The summed E-state index contributed by atoms with van der Waals surface area (Å²) < 4.78 is 26.8. The highest BCUT2D eigenvalue weighted by Gasteiger charge is 2.41. The molecule has 2 amide bonds. The van der Waals surface area contributed by atoms with Crippen molar-refractivity contribution in [2.24, 2.45) is 0 Å². The van der Waals surface area contributed by atoms with E-state index in [1.165, 1.54) is 18.2 Å². The number of amides is 2. The van der Waals surface area contributed by atoms with Crippen molar-refractivity contribution in [2.75, 3.05) is 11.9 Å². The molecule has 1 heterocycles. The summed E-state index contributed by atoms with van der Waals surface area (Å²) in [4.78, 5) is 24.4. The summed E-state index contributed by atoms with van der Waals surface area (Å²) in [5.41, 5.74) is 0.555. The zero-order valence-electron chi connectivity index (χ0n) is 12.0. The smallest absolute Gasteiger partial charge is 0.269 e. The average Bonchev–Trinajstić information content (AvgIpc) is 2.72. The minimum absolute atomic E-state index is 0.0763. The first-order valence-electron chi connectivity index (χ1n) is 6.72. The van der Waals surface area contributed by atoms with Crippen molar-refractivity contribution in [1.82, 2.24) is 4.31 Å². The Kier molecular flexibility index (Phi) is 4.50. The number of fused-ring (bicyclic) bond motifs is 1. The van der Waals surface area contributed by atoms with Gasteiger partial charge in [-0.05, 0) is 46.3 Å². The van der Waals surface area contributed by atoms with Gasteiger partial charge in [0, 0.05) is 8.95 Å². The Labute approximate surface area is 155 Å². The van der Waals surface area contributed by atoms with Crippen LogP contribution in [-0.4, -0.2) is 31.1 Å². The zero-order chi connectivity index (χ0) is 17.5. The number of hydrogen-bond acceptors (Lipinski definition) is 4. The van der Waals surface area contributed by atoms with E-state index in [-0.39, 0.29) is 10.5 Å². The molecule has 1 aliphatic heterocycles. The molecular weight excluding hydrogens is 464 g/mol. The maximum Gasteiger partial charge on any atom is 0.269 e. The van der Waals surface area contributed by atoms with Crippen LogP contribution in [0.2, 0.25) is 0 Å². The predicted octanol–water partition coefficient (Wildman–Crippen LogP) is 2.99. The van der Waals surface area contributed by atoms with Crippen molar-refractivity contribution < 1.29 is 18.0 Å². The van der Waals surface area contributed by atoms with E-state index in [2.05, 4.69) is 37.2 Å². The van der Waals surface area contributed by atoms with Gasteiger partial charge in [-0.2, -0.15) is 0 Å². The molecule has 124 valence electrons. The highest BCUT2D eigenvalue weighted by atomic mass is 79.9. The van der Waals surface area contributed by atoms with Crippen molar-refractivity contribution in [3.8, 4) is 0 Å². The molecular formula is C15H10Br2N2O4S. The van der Waals surface area contributed by atoms with Crippen molar-refractivity contribution in [3.63, 3.8) is 0 Å². The van der Waals surface area contributed by atoms with Crippen molar-refractivity contribution in [2.45, 2.75) is 4.90 Å². The Balaban J connectivity index is 1.82. The Morgan fingerprint density at radius 3 is 2.50 bits per heavy atom. The van der Waals surface area contributed by atoms with E-state index < -0.39 is 28.4 Å². The fraction of sp³-hybridized carbons (Fsp3) is 0.0667. The summed E-state index contributed by atoms with van der Waals surface area (Å²) in [6, 6.07) is 11.0. The molecule has 2 aromatic rings. The average molecular weight is 474 g/mol. The molecule has 0 spiro atoms. The third-order valence-corrected chi connectivity index (χ3v) is 6.34. The molecule has 24 heavy (non-hydrogen) atoms. The lowest BCUT2D eigenvalue weighted by atomic mass is 10.2. The van der Waals surface area contributed by atoms with Crippen LogP contribution in [0.4, 0.5) is 5.69 Å². The van der Waals surface area contributed by atoms with Gasteiger partial charge in [-0.25, -0.2) is 12.7 Å². The quantitative estimate of drug-likeness (QED) is 0.742. The maximum absolute atomic E-state index is 12.4. The first-order chi connectivity index (χ1) is 11.3. The van der Waals surface area contributed by atoms with Gasteiger partial charge in [0.2, 0.25) is 5.91 Å². The largest absolute Gasteiger partial charge is 0.323 e.